The molecule has 0 saturated carbocycles. The first-order valence-corrected chi connectivity index (χ1v) is 12.1. The van der Waals surface area contributed by atoms with Gasteiger partial charge in [-0.1, -0.05) is 43.3 Å². The van der Waals surface area contributed by atoms with Gasteiger partial charge >= 0.3 is 0 Å². The minimum absolute atomic E-state index is 0.0403. The van der Waals surface area contributed by atoms with Crippen LogP contribution >= 0.6 is 0 Å². The molecule has 1 aromatic heterocycles. The number of hydrogen-bond acceptors (Lipinski definition) is 4. The Morgan fingerprint density at radius 2 is 1.87 bits per heavy atom. The zero-order chi connectivity index (χ0) is 21.1. The van der Waals surface area contributed by atoms with E-state index in [0.717, 1.165) is 30.0 Å². The summed E-state index contributed by atoms with van der Waals surface area (Å²) in [5.41, 5.74) is 4.10. The summed E-state index contributed by atoms with van der Waals surface area (Å²) >= 11 is 0. The van der Waals surface area contributed by atoms with Gasteiger partial charge in [-0.15, -0.1) is 0 Å². The molecule has 1 N–H and O–H groups in total. The summed E-state index contributed by atoms with van der Waals surface area (Å²) in [5, 5.41) is 0. The standard InChI is InChI=1S/C24H28N2O3S/c1-3-30(27,28)23-13-7-11-20(24(23)29-2)21-15-14-19(25-21)17-26-16-8-12-22(26)18-9-5-4-6-10-18/h4-7,9-11,13-15,22,25H,3,8,12,16-17H2,1-2H3. The highest BCUT2D eigenvalue weighted by molar-refractivity contribution is 7.91. The third-order valence-electron chi connectivity index (χ3n) is 5.86. The molecular formula is C24H28N2O3S. The van der Waals surface area contributed by atoms with E-state index in [4.69, 9.17) is 4.74 Å². The molecule has 0 radical (unpaired) electrons. The average Bonchev–Trinajstić information content (AvgIpc) is 3.43. The largest absolute Gasteiger partial charge is 0.495 e. The minimum atomic E-state index is -3.37. The van der Waals surface area contributed by atoms with Crippen LogP contribution in [0.4, 0.5) is 0 Å². The first-order chi connectivity index (χ1) is 14.5. The van der Waals surface area contributed by atoms with Crippen molar-refractivity contribution in [2.75, 3.05) is 19.4 Å². The molecule has 0 spiro atoms. The Labute approximate surface area is 178 Å². The molecular weight excluding hydrogens is 396 g/mol. The van der Waals surface area contributed by atoms with Crippen molar-refractivity contribution in [2.24, 2.45) is 0 Å². The summed E-state index contributed by atoms with van der Waals surface area (Å²) in [5.74, 6) is 0.439. The van der Waals surface area contributed by atoms with E-state index in [-0.39, 0.29) is 10.6 Å². The number of sulfone groups is 1. The van der Waals surface area contributed by atoms with Crippen LogP contribution in [0.1, 0.15) is 37.1 Å². The molecule has 158 valence electrons. The van der Waals surface area contributed by atoms with Crippen molar-refractivity contribution < 1.29 is 13.2 Å². The SMILES string of the molecule is CCS(=O)(=O)c1cccc(-c2ccc(CN3CCCC3c3ccccc3)[nH]2)c1OC. The van der Waals surface area contributed by atoms with Crippen molar-refractivity contribution in [3.63, 3.8) is 0 Å². The molecule has 1 aliphatic rings. The molecule has 1 saturated heterocycles. The summed E-state index contributed by atoms with van der Waals surface area (Å²) in [6.45, 7) is 3.55. The third kappa shape index (κ3) is 4.02. The van der Waals surface area contributed by atoms with Crippen molar-refractivity contribution in [3.8, 4) is 17.0 Å². The zero-order valence-corrected chi connectivity index (χ0v) is 18.3. The van der Waals surface area contributed by atoms with E-state index in [1.807, 2.05) is 12.1 Å². The highest BCUT2D eigenvalue weighted by atomic mass is 32.2. The summed E-state index contributed by atoms with van der Waals surface area (Å²) in [7, 11) is -1.85. The number of methoxy groups -OCH3 is 1. The minimum Gasteiger partial charge on any atom is -0.495 e. The van der Waals surface area contributed by atoms with Crippen LogP contribution in [0.15, 0.2) is 65.6 Å². The molecule has 6 heteroatoms. The van der Waals surface area contributed by atoms with Crippen LogP contribution in [-0.4, -0.2) is 37.7 Å². The first kappa shape index (κ1) is 20.7. The molecule has 1 aliphatic heterocycles. The van der Waals surface area contributed by atoms with E-state index < -0.39 is 9.84 Å². The van der Waals surface area contributed by atoms with E-state index in [1.165, 1.54) is 25.5 Å². The Morgan fingerprint density at radius 3 is 2.60 bits per heavy atom. The Hall–Kier alpha value is -2.57. The zero-order valence-electron chi connectivity index (χ0n) is 17.5. The maximum atomic E-state index is 12.5. The fraction of sp³-hybridized carbons (Fsp3) is 0.333. The van der Waals surface area contributed by atoms with Crippen molar-refractivity contribution >= 4 is 9.84 Å². The number of ether oxygens (including phenoxy) is 1. The van der Waals surface area contributed by atoms with E-state index in [0.29, 0.717) is 11.8 Å². The smallest absolute Gasteiger partial charge is 0.181 e. The summed E-state index contributed by atoms with van der Waals surface area (Å²) < 4.78 is 30.5. The monoisotopic (exact) mass is 424 g/mol. The van der Waals surface area contributed by atoms with Crippen molar-refractivity contribution in [1.82, 2.24) is 9.88 Å². The van der Waals surface area contributed by atoms with Crippen molar-refractivity contribution in [2.45, 2.75) is 37.2 Å². The lowest BCUT2D eigenvalue weighted by atomic mass is 10.0. The molecule has 1 fully saturated rings. The first-order valence-electron chi connectivity index (χ1n) is 10.4. The molecule has 2 aromatic carbocycles. The van der Waals surface area contributed by atoms with Crippen LogP contribution in [0.25, 0.3) is 11.3 Å². The van der Waals surface area contributed by atoms with Gasteiger partial charge in [-0.3, -0.25) is 4.90 Å². The van der Waals surface area contributed by atoms with Crippen molar-refractivity contribution in [1.29, 1.82) is 0 Å². The van der Waals surface area contributed by atoms with Gasteiger partial charge in [0.15, 0.2) is 9.84 Å². The molecule has 0 aliphatic carbocycles. The third-order valence-corrected chi connectivity index (χ3v) is 7.61. The Bertz CT molecular complexity index is 1110. The highest BCUT2D eigenvalue weighted by Gasteiger charge is 2.26. The second-order valence-electron chi connectivity index (χ2n) is 7.68. The van der Waals surface area contributed by atoms with Crippen LogP contribution in [0, 0.1) is 0 Å². The van der Waals surface area contributed by atoms with Gasteiger partial charge in [0, 0.05) is 29.5 Å². The van der Waals surface area contributed by atoms with Gasteiger partial charge in [0.25, 0.3) is 0 Å². The number of aromatic nitrogens is 1. The Morgan fingerprint density at radius 1 is 1.07 bits per heavy atom. The Kier molecular flexibility index (Phi) is 5.97. The van der Waals surface area contributed by atoms with Gasteiger partial charge in [-0.25, -0.2) is 8.42 Å². The number of hydrogen-bond donors (Lipinski definition) is 1. The molecule has 3 aromatic rings. The number of benzene rings is 2. The van der Waals surface area contributed by atoms with Crippen LogP contribution in [0.3, 0.4) is 0 Å². The van der Waals surface area contributed by atoms with Crippen LogP contribution in [0.5, 0.6) is 5.75 Å². The summed E-state index contributed by atoms with van der Waals surface area (Å²) in [6, 6.07) is 20.5. The lowest BCUT2D eigenvalue weighted by Crippen LogP contribution is -2.22. The quantitative estimate of drug-likeness (QED) is 0.591. The van der Waals surface area contributed by atoms with E-state index in [9.17, 15) is 8.42 Å². The fourth-order valence-corrected chi connectivity index (χ4v) is 5.39. The van der Waals surface area contributed by atoms with Crippen LogP contribution < -0.4 is 4.74 Å². The van der Waals surface area contributed by atoms with Gasteiger partial charge < -0.3 is 9.72 Å². The number of likely N-dealkylation sites (tertiary alicyclic amines) is 1. The number of rotatable bonds is 7. The fourth-order valence-electron chi connectivity index (χ4n) is 4.32. The molecule has 1 atom stereocenters. The number of aromatic amines is 1. The van der Waals surface area contributed by atoms with Crippen LogP contribution in [-0.2, 0) is 16.4 Å². The number of nitrogens with one attached hydrogen (secondary N) is 1. The average molecular weight is 425 g/mol. The predicted molar refractivity (Wildman–Crippen MR) is 119 cm³/mol. The molecule has 5 nitrogen and oxygen atoms in total. The van der Waals surface area contributed by atoms with Crippen LogP contribution in [0.2, 0.25) is 0 Å². The Balaban J connectivity index is 1.60. The molecule has 30 heavy (non-hydrogen) atoms. The maximum absolute atomic E-state index is 12.5. The lowest BCUT2D eigenvalue weighted by molar-refractivity contribution is 0.246. The van der Waals surface area contributed by atoms with Gasteiger partial charge in [-0.2, -0.15) is 0 Å². The molecule has 2 heterocycles. The molecule has 0 bridgehead atoms. The van der Waals surface area contributed by atoms with Gasteiger partial charge in [0.1, 0.15) is 10.6 Å². The maximum Gasteiger partial charge on any atom is 0.181 e. The van der Waals surface area contributed by atoms with E-state index >= 15 is 0 Å². The second-order valence-corrected chi connectivity index (χ2v) is 9.92. The lowest BCUT2D eigenvalue weighted by Gasteiger charge is -2.24. The van der Waals surface area contributed by atoms with E-state index in [2.05, 4.69) is 46.3 Å². The number of nitrogens with zero attached hydrogens (tertiary/aromatic N) is 1. The van der Waals surface area contributed by atoms with Gasteiger partial charge in [0.2, 0.25) is 0 Å². The number of H-pyrrole nitrogens is 1. The summed E-state index contributed by atoms with van der Waals surface area (Å²) in [4.78, 5) is 6.22. The topological polar surface area (TPSA) is 62.4 Å². The molecule has 0 amide bonds. The predicted octanol–water partition coefficient (Wildman–Crippen LogP) is 4.82. The highest BCUT2D eigenvalue weighted by Crippen LogP contribution is 2.37. The molecule has 1 unspecified atom stereocenters. The molecule has 4 rings (SSSR count). The summed E-state index contributed by atoms with van der Waals surface area (Å²) in [6.07, 6.45) is 2.36. The van der Waals surface area contributed by atoms with E-state index in [1.54, 1.807) is 19.1 Å². The van der Waals surface area contributed by atoms with Gasteiger partial charge in [-0.05, 0) is 49.2 Å². The second kappa shape index (κ2) is 8.66. The van der Waals surface area contributed by atoms with Crippen molar-refractivity contribution in [3.05, 3.63) is 71.9 Å². The number of para-hydroxylation sites is 1. The normalized spacial score (nSPS) is 17.3. The van der Waals surface area contributed by atoms with Gasteiger partial charge in [0.05, 0.1) is 12.9 Å².